The van der Waals surface area contributed by atoms with Gasteiger partial charge in [0.05, 0.1) is 6.61 Å². The first-order valence-corrected chi connectivity index (χ1v) is 6.94. The highest BCUT2D eigenvalue weighted by Gasteiger charge is 2.29. The number of carbonyl (C=O) groups is 1. The molecule has 1 amide bonds. The first kappa shape index (κ1) is 14.8. The van der Waals surface area contributed by atoms with Crippen LogP contribution in [-0.4, -0.2) is 32.8 Å². The van der Waals surface area contributed by atoms with Gasteiger partial charge in [0, 0.05) is 23.9 Å². The predicted molar refractivity (Wildman–Crippen MR) is 78.0 cm³/mol. The van der Waals surface area contributed by atoms with Crippen LogP contribution in [0.1, 0.15) is 25.5 Å². The van der Waals surface area contributed by atoms with E-state index in [-0.39, 0.29) is 11.9 Å². The van der Waals surface area contributed by atoms with Gasteiger partial charge in [-0.25, -0.2) is 0 Å². The summed E-state index contributed by atoms with van der Waals surface area (Å²) in [6.45, 7) is 6.05. The molecule has 20 heavy (non-hydrogen) atoms. The van der Waals surface area contributed by atoms with E-state index < -0.39 is 0 Å². The van der Waals surface area contributed by atoms with Crippen molar-refractivity contribution in [3.63, 3.8) is 0 Å². The highest BCUT2D eigenvalue weighted by molar-refractivity contribution is 6.02. The number of ether oxygens (including phenoxy) is 2. The molecule has 0 radical (unpaired) electrons. The highest BCUT2D eigenvalue weighted by Crippen LogP contribution is 2.33. The second-order valence-electron chi connectivity index (χ2n) is 5.28. The molecule has 110 valence electrons. The normalized spacial score (nSPS) is 17.2. The number of fused-ring (bicyclic) bond motifs is 1. The molecule has 5 nitrogen and oxygen atoms in total. The Bertz CT molecular complexity index is 474. The second kappa shape index (κ2) is 6.72. The summed E-state index contributed by atoms with van der Waals surface area (Å²) in [6, 6.07) is 5.38. The van der Waals surface area contributed by atoms with Crippen molar-refractivity contribution in [3.8, 4) is 5.75 Å². The average Bonchev–Trinajstić information content (AvgIpc) is 2.72. The van der Waals surface area contributed by atoms with Gasteiger partial charge >= 0.3 is 0 Å². The molecule has 1 aromatic rings. The van der Waals surface area contributed by atoms with Crippen LogP contribution in [0.4, 0.5) is 5.69 Å². The van der Waals surface area contributed by atoms with Crippen molar-refractivity contribution in [2.75, 3.05) is 32.2 Å². The summed E-state index contributed by atoms with van der Waals surface area (Å²) in [5.41, 5.74) is 1.77. The molecular weight excluding hydrogens is 256 g/mol. The van der Waals surface area contributed by atoms with Crippen molar-refractivity contribution < 1.29 is 14.3 Å². The zero-order valence-electron chi connectivity index (χ0n) is 12.2. The zero-order chi connectivity index (χ0) is 14.5. The Morgan fingerprint density at radius 3 is 2.85 bits per heavy atom. The maximum Gasteiger partial charge on any atom is 0.246 e. The van der Waals surface area contributed by atoms with Crippen LogP contribution in [0.5, 0.6) is 5.75 Å². The largest absolute Gasteiger partial charge is 0.491 e. The molecule has 1 heterocycles. The van der Waals surface area contributed by atoms with Crippen LogP contribution in [0.15, 0.2) is 18.2 Å². The maximum atomic E-state index is 11.7. The number of benzene rings is 1. The molecule has 1 aromatic carbocycles. The lowest BCUT2D eigenvalue weighted by molar-refractivity contribution is -0.117. The number of hydrogen-bond donors (Lipinski definition) is 2. The van der Waals surface area contributed by atoms with Gasteiger partial charge in [-0.05, 0) is 19.0 Å². The lowest BCUT2D eigenvalue weighted by atomic mass is 10.1. The van der Waals surface area contributed by atoms with Crippen LogP contribution in [-0.2, 0) is 9.53 Å². The van der Waals surface area contributed by atoms with E-state index in [9.17, 15) is 4.79 Å². The Hall–Kier alpha value is -1.59. The highest BCUT2D eigenvalue weighted by atomic mass is 16.5. The lowest BCUT2D eigenvalue weighted by Crippen LogP contribution is -2.23. The van der Waals surface area contributed by atoms with E-state index in [1.165, 1.54) is 0 Å². The smallest absolute Gasteiger partial charge is 0.246 e. The standard InChI is InChI=1S/C15H22N2O3/c1-10(2)9-19-6-7-20-11-4-5-12-13(8-11)17-15(18)14(12)16-3/h4-5,8,10,14,16H,6-7,9H2,1-3H3,(H,17,18). The average molecular weight is 278 g/mol. The molecule has 5 heteroatoms. The van der Waals surface area contributed by atoms with Gasteiger partial charge in [0.15, 0.2) is 0 Å². The van der Waals surface area contributed by atoms with E-state index in [2.05, 4.69) is 24.5 Å². The first-order valence-electron chi connectivity index (χ1n) is 6.94. The van der Waals surface area contributed by atoms with Gasteiger partial charge in [-0.1, -0.05) is 19.9 Å². The van der Waals surface area contributed by atoms with Crippen LogP contribution in [0, 0.1) is 5.92 Å². The predicted octanol–water partition coefficient (Wildman–Crippen LogP) is 1.95. The van der Waals surface area contributed by atoms with Gasteiger partial charge in [0.2, 0.25) is 5.91 Å². The van der Waals surface area contributed by atoms with Crippen molar-refractivity contribution in [2.45, 2.75) is 19.9 Å². The Labute approximate surface area is 119 Å². The van der Waals surface area contributed by atoms with Gasteiger partial charge in [0.1, 0.15) is 18.4 Å². The second-order valence-corrected chi connectivity index (χ2v) is 5.28. The minimum atomic E-state index is -0.270. The number of amides is 1. The van der Waals surface area contributed by atoms with E-state index in [1.54, 1.807) is 7.05 Å². The van der Waals surface area contributed by atoms with E-state index >= 15 is 0 Å². The number of nitrogens with one attached hydrogen (secondary N) is 2. The molecule has 2 N–H and O–H groups in total. The monoisotopic (exact) mass is 278 g/mol. The van der Waals surface area contributed by atoms with E-state index in [0.29, 0.717) is 19.1 Å². The number of rotatable bonds is 7. The molecule has 0 aliphatic carbocycles. The van der Waals surface area contributed by atoms with Crippen molar-refractivity contribution in [1.29, 1.82) is 0 Å². The summed E-state index contributed by atoms with van der Waals surface area (Å²) in [5, 5.41) is 5.83. The number of likely N-dealkylation sites (N-methyl/N-ethyl adjacent to an activating group) is 1. The summed E-state index contributed by atoms with van der Waals surface area (Å²) in [4.78, 5) is 11.7. The van der Waals surface area contributed by atoms with Crippen molar-refractivity contribution >= 4 is 11.6 Å². The molecule has 1 aliphatic heterocycles. The third kappa shape index (κ3) is 3.49. The fraction of sp³-hybridized carbons (Fsp3) is 0.533. The minimum Gasteiger partial charge on any atom is -0.491 e. The van der Waals surface area contributed by atoms with Crippen molar-refractivity contribution in [3.05, 3.63) is 23.8 Å². The molecule has 2 rings (SSSR count). The molecule has 1 aliphatic rings. The molecule has 0 saturated carbocycles. The fourth-order valence-corrected chi connectivity index (χ4v) is 2.16. The summed E-state index contributed by atoms with van der Waals surface area (Å²) < 4.78 is 11.1. The van der Waals surface area contributed by atoms with Crippen molar-refractivity contribution in [2.24, 2.45) is 5.92 Å². The van der Waals surface area contributed by atoms with Gasteiger partial charge in [-0.15, -0.1) is 0 Å². The summed E-state index contributed by atoms with van der Waals surface area (Å²) in [7, 11) is 1.77. The van der Waals surface area contributed by atoms with Gasteiger partial charge < -0.3 is 20.1 Å². The molecule has 0 bridgehead atoms. The topological polar surface area (TPSA) is 59.6 Å². The Morgan fingerprint density at radius 1 is 1.35 bits per heavy atom. The summed E-state index contributed by atoms with van der Waals surface area (Å²) >= 11 is 0. The van der Waals surface area contributed by atoms with E-state index in [1.807, 2.05) is 18.2 Å². The van der Waals surface area contributed by atoms with Crippen molar-refractivity contribution in [1.82, 2.24) is 5.32 Å². The quantitative estimate of drug-likeness (QED) is 0.748. The SMILES string of the molecule is CNC1C(=O)Nc2cc(OCCOCC(C)C)ccc21. The number of hydrogen-bond acceptors (Lipinski definition) is 4. The molecule has 0 fully saturated rings. The maximum absolute atomic E-state index is 11.7. The Balaban J connectivity index is 1.86. The lowest BCUT2D eigenvalue weighted by Gasteiger charge is -2.10. The number of carbonyl (C=O) groups excluding carboxylic acids is 1. The molecule has 0 saturated heterocycles. The van der Waals surface area contributed by atoms with Crippen LogP contribution in [0.2, 0.25) is 0 Å². The molecule has 0 spiro atoms. The first-order chi connectivity index (χ1) is 9.61. The minimum absolute atomic E-state index is 0.0279. The Kier molecular flexibility index (Phi) is 4.98. The molecule has 1 unspecified atom stereocenters. The third-order valence-corrected chi connectivity index (χ3v) is 3.09. The molecule has 0 aromatic heterocycles. The zero-order valence-corrected chi connectivity index (χ0v) is 12.2. The van der Waals surface area contributed by atoms with Crippen LogP contribution >= 0.6 is 0 Å². The third-order valence-electron chi connectivity index (χ3n) is 3.09. The summed E-state index contributed by atoms with van der Waals surface area (Å²) in [5.74, 6) is 1.25. The van der Waals surface area contributed by atoms with E-state index in [4.69, 9.17) is 9.47 Å². The number of anilines is 1. The summed E-state index contributed by atoms with van der Waals surface area (Å²) in [6.07, 6.45) is 0. The van der Waals surface area contributed by atoms with Gasteiger partial charge in [-0.2, -0.15) is 0 Å². The van der Waals surface area contributed by atoms with Gasteiger partial charge in [0.25, 0.3) is 0 Å². The molecular formula is C15H22N2O3. The van der Waals surface area contributed by atoms with Crippen LogP contribution < -0.4 is 15.4 Å². The molecule has 1 atom stereocenters. The fourth-order valence-electron chi connectivity index (χ4n) is 2.16. The van der Waals surface area contributed by atoms with Gasteiger partial charge in [-0.3, -0.25) is 4.79 Å². The Morgan fingerprint density at radius 2 is 2.15 bits per heavy atom. The van der Waals surface area contributed by atoms with Crippen LogP contribution in [0.3, 0.4) is 0 Å². The van der Waals surface area contributed by atoms with Crippen LogP contribution in [0.25, 0.3) is 0 Å². The van der Waals surface area contributed by atoms with E-state index in [0.717, 1.165) is 23.6 Å².